The Morgan fingerprint density at radius 1 is 1.27 bits per heavy atom. The van der Waals surface area contributed by atoms with Crippen LogP contribution >= 0.6 is 0 Å². The molecular weight excluding hydrogens is 396 g/mol. The van der Waals surface area contributed by atoms with Gasteiger partial charge in [-0.1, -0.05) is 12.1 Å². The van der Waals surface area contributed by atoms with Crippen LogP contribution in [0.25, 0.3) is 0 Å². The number of halogens is 2. The van der Waals surface area contributed by atoms with Crippen molar-refractivity contribution in [2.45, 2.75) is 12.5 Å². The number of rotatable bonds is 3. The van der Waals surface area contributed by atoms with E-state index in [1.54, 1.807) is 12.1 Å². The molecule has 154 valence electrons. The molecule has 0 spiro atoms. The quantitative estimate of drug-likeness (QED) is 0.665. The molecule has 1 aliphatic heterocycles. The molecule has 0 fully saturated rings. The standard InChI is InChI=1S/C20H17F2N5O3/c1-26-16-9-23-18(22)7-17(16)30-11-15(19(26)28)25-20(29)27-10-13(8-24-27)5-12-3-2-4-14(21)6-12/h2-4,6-10,15H,5,11H2,1H3,(H,25,29). The first-order valence-corrected chi connectivity index (χ1v) is 9.05. The molecule has 2 aromatic heterocycles. The van der Waals surface area contributed by atoms with Crippen molar-refractivity contribution in [3.8, 4) is 5.75 Å². The van der Waals surface area contributed by atoms with Crippen molar-refractivity contribution in [3.05, 3.63) is 71.8 Å². The van der Waals surface area contributed by atoms with Gasteiger partial charge >= 0.3 is 6.03 Å². The largest absolute Gasteiger partial charge is 0.488 e. The second-order valence-electron chi connectivity index (χ2n) is 6.78. The summed E-state index contributed by atoms with van der Waals surface area (Å²) >= 11 is 0. The first-order chi connectivity index (χ1) is 14.4. The third-order valence-electron chi connectivity index (χ3n) is 4.65. The van der Waals surface area contributed by atoms with E-state index < -0.39 is 23.9 Å². The van der Waals surface area contributed by atoms with E-state index in [4.69, 9.17) is 4.74 Å². The van der Waals surface area contributed by atoms with Crippen LogP contribution in [-0.2, 0) is 11.2 Å². The van der Waals surface area contributed by atoms with Gasteiger partial charge in [0, 0.05) is 25.7 Å². The minimum absolute atomic E-state index is 0.159. The Morgan fingerprint density at radius 3 is 2.90 bits per heavy atom. The average Bonchev–Trinajstić information content (AvgIpc) is 3.14. The summed E-state index contributed by atoms with van der Waals surface area (Å²) in [5.74, 6) is -1.36. The van der Waals surface area contributed by atoms with Crippen LogP contribution in [0, 0.1) is 11.8 Å². The Hall–Kier alpha value is -3.82. The van der Waals surface area contributed by atoms with Gasteiger partial charge in [0.15, 0.2) is 0 Å². The maximum absolute atomic E-state index is 13.4. The first kappa shape index (κ1) is 19.5. The van der Waals surface area contributed by atoms with Crippen molar-refractivity contribution in [1.82, 2.24) is 20.1 Å². The van der Waals surface area contributed by atoms with Crippen molar-refractivity contribution in [3.63, 3.8) is 0 Å². The summed E-state index contributed by atoms with van der Waals surface area (Å²) in [5.41, 5.74) is 1.74. The molecule has 0 saturated heterocycles. The van der Waals surface area contributed by atoms with E-state index in [0.29, 0.717) is 17.7 Å². The molecule has 3 heterocycles. The van der Waals surface area contributed by atoms with Crippen LogP contribution in [-0.4, -0.2) is 46.4 Å². The van der Waals surface area contributed by atoms with E-state index in [2.05, 4.69) is 15.4 Å². The van der Waals surface area contributed by atoms with E-state index in [1.165, 1.54) is 42.7 Å². The highest BCUT2D eigenvalue weighted by atomic mass is 19.1. The summed E-state index contributed by atoms with van der Waals surface area (Å²) in [4.78, 5) is 30.0. The predicted molar refractivity (Wildman–Crippen MR) is 102 cm³/mol. The lowest BCUT2D eigenvalue weighted by atomic mass is 10.1. The summed E-state index contributed by atoms with van der Waals surface area (Å²) in [6.45, 7) is -0.178. The number of nitrogens with one attached hydrogen (secondary N) is 1. The van der Waals surface area contributed by atoms with Crippen molar-refractivity contribution in [2.75, 3.05) is 18.6 Å². The number of carbonyl (C=O) groups is 2. The highest BCUT2D eigenvalue weighted by molar-refractivity contribution is 6.00. The van der Waals surface area contributed by atoms with Gasteiger partial charge in [-0.2, -0.15) is 14.2 Å². The van der Waals surface area contributed by atoms with Crippen molar-refractivity contribution in [1.29, 1.82) is 0 Å². The summed E-state index contributed by atoms with van der Waals surface area (Å²) in [5, 5.41) is 6.57. The van der Waals surface area contributed by atoms with Gasteiger partial charge in [-0.05, 0) is 23.3 Å². The average molecular weight is 413 g/mol. The van der Waals surface area contributed by atoms with E-state index in [0.717, 1.165) is 16.3 Å². The lowest BCUT2D eigenvalue weighted by Crippen LogP contribution is -2.50. The minimum atomic E-state index is -1.01. The van der Waals surface area contributed by atoms with Gasteiger partial charge in [0.2, 0.25) is 5.95 Å². The van der Waals surface area contributed by atoms with Crippen molar-refractivity contribution < 1.29 is 23.1 Å². The summed E-state index contributed by atoms with van der Waals surface area (Å²) in [6, 6.07) is 5.58. The van der Waals surface area contributed by atoms with Crippen LogP contribution < -0.4 is 15.0 Å². The lowest BCUT2D eigenvalue weighted by molar-refractivity contribution is -0.120. The second kappa shape index (κ2) is 7.90. The maximum atomic E-state index is 13.4. The number of hydrogen-bond donors (Lipinski definition) is 1. The number of hydrogen-bond acceptors (Lipinski definition) is 5. The Balaban J connectivity index is 1.45. The molecule has 4 rings (SSSR count). The second-order valence-corrected chi connectivity index (χ2v) is 6.78. The van der Waals surface area contributed by atoms with Crippen molar-refractivity contribution >= 4 is 17.6 Å². The number of fused-ring (bicyclic) bond motifs is 1. The first-order valence-electron chi connectivity index (χ1n) is 9.05. The molecule has 1 N–H and O–H groups in total. The molecule has 0 saturated carbocycles. The van der Waals surface area contributed by atoms with E-state index >= 15 is 0 Å². The number of likely N-dealkylation sites (N-methyl/N-ethyl adjacent to an activating group) is 1. The van der Waals surface area contributed by atoms with Gasteiger partial charge in [0.25, 0.3) is 5.91 Å². The zero-order valence-electron chi connectivity index (χ0n) is 15.9. The Bertz CT molecular complexity index is 1120. The molecule has 2 amide bonds. The highest BCUT2D eigenvalue weighted by Crippen LogP contribution is 2.29. The number of carbonyl (C=O) groups excluding carboxylic acids is 2. The smallest absolute Gasteiger partial charge is 0.342 e. The molecule has 0 radical (unpaired) electrons. The zero-order chi connectivity index (χ0) is 21.3. The number of nitrogens with zero attached hydrogens (tertiary/aromatic N) is 4. The van der Waals surface area contributed by atoms with E-state index in [9.17, 15) is 18.4 Å². The van der Waals surface area contributed by atoms with Crippen LogP contribution in [0.3, 0.4) is 0 Å². The van der Waals surface area contributed by atoms with Gasteiger partial charge in [0.05, 0.1) is 12.4 Å². The predicted octanol–water partition coefficient (Wildman–Crippen LogP) is 2.13. The molecule has 1 unspecified atom stereocenters. The SMILES string of the molecule is CN1C(=O)C(NC(=O)n2cc(Cc3cccc(F)c3)cn2)COc2cc(F)ncc21. The van der Waals surface area contributed by atoms with Crippen LogP contribution in [0.4, 0.5) is 19.3 Å². The zero-order valence-corrected chi connectivity index (χ0v) is 15.9. The number of amides is 2. The molecule has 0 bridgehead atoms. The van der Waals surface area contributed by atoms with Crippen LogP contribution in [0.2, 0.25) is 0 Å². The number of benzene rings is 1. The fourth-order valence-corrected chi connectivity index (χ4v) is 3.13. The van der Waals surface area contributed by atoms with Gasteiger partial charge in [0.1, 0.15) is 29.9 Å². The van der Waals surface area contributed by atoms with Crippen LogP contribution in [0.5, 0.6) is 5.75 Å². The Labute approximate surface area is 170 Å². The normalized spacial score (nSPS) is 15.9. The molecule has 3 aromatic rings. The van der Waals surface area contributed by atoms with Gasteiger partial charge in [-0.25, -0.2) is 14.2 Å². The highest BCUT2D eigenvalue weighted by Gasteiger charge is 2.31. The topological polar surface area (TPSA) is 89.4 Å². The van der Waals surface area contributed by atoms with Crippen LogP contribution in [0.15, 0.2) is 48.9 Å². The van der Waals surface area contributed by atoms with Gasteiger partial charge in [-0.15, -0.1) is 0 Å². The fourth-order valence-electron chi connectivity index (χ4n) is 3.13. The molecular formula is C20H17F2N5O3. The van der Waals surface area contributed by atoms with Crippen LogP contribution in [0.1, 0.15) is 11.1 Å². The Kier molecular flexibility index (Phi) is 5.13. The molecule has 1 aliphatic rings. The number of pyridine rings is 1. The summed E-state index contributed by atoms with van der Waals surface area (Å²) < 4.78 is 33.2. The molecule has 1 aromatic carbocycles. The fraction of sp³-hybridized carbons (Fsp3) is 0.200. The summed E-state index contributed by atoms with van der Waals surface area (Å²) in [6.07, 6.45) is 4.58. The van der Waals surface area contributed by atoms with E-state index in [-0.39, 0.29) is 18.2 Å². The maximum Gasteiger partial charge on any atom is 0.342 e. The molecule has 1 atom stereocenters. The molecule has 30 heavy (non-hydrogen) atoms. The van der Waals surface area contributed by atoms with E-state index in [1.807, 2.05) is 0 Å². The number of aromatic nitrogens is 3. The third kappa shape index (κ3) is 3.97. The minimum Gasteiger partial charge on any atom is -0.488 e. The molecule has 0 aliphatic carbocycles. The number of anilines is 1. The third-order valence-corrected chi connectivity index (χ3v) is 4.65. The molecule has 8 nitrogen and oxygen atoms in total. The lowest BCUT2D eigenvalue weighted by Gasteiger charge is -2.19. The van der Waals surface area contributed by atoms with Gasteiger partial charge < -0.3 is 15.0 Å². The molecule has 10 heteroatoms. The summed E-state index contributed by atoms with van der Waals surface area (Å²) in [7, 11) is 1.49. The monoisotopic (exact) mass is 413 g/mol. The Morgan fingerprint density at radius 2 is 2.10 bits per heavy atom. The van der Waals surface area contributed by atoms with Gasteiger partial charge in [-0.3, -0.25) is 4.79 Å². The van der Waals surface area contributed by atoms with Crippen molar-refractivity contribution in [2.24, 2.45) is 0 Å². The number of ether oxygens (including phenoxy) is 1.